The maximum Gasteiger partial charge on any atom is 0.179 e. The van der Waals surface area contributed by atoms with E-state index >= 15 is 0 Å². The highest BCUT2D eigenvalue weighted by Gasteiger charge is 2.32. The van der Waals surface area contributed by atoms with Gasteiger partial charge in [-0.2, -0.15) is 5.10 Å². The molecule has 2 aliphatic rings. The third-order valence-corrected chi connectivity index (χ3v) is 7.94. The molecule has 0 N–H and O–H groups in total. The zero-order valence-corrected chi connectivity index (χ0v) is 21.1. The molecule has 2 fully saturated rings. The number of benzene rings is 1. The molecular weight excluding hydrogens is 455 g/mol. The molecule has 6 nitrogen and oxygen atoms in total. The summed E-state index contributed by atoms with van der Waals surface area (Å²) in [4.78, 5) is 14.9. The average Bonchev–Trinajstić information content (AvgIpc) is 3.15. The number of hydrogen-bond acceptors (Lipinski definition) is 5. The number of fused-ring (bicyclic) bond motifs is 1. The first kappa shape index (κ1) is 22.9. The van der Waals surface area contributed by atoms with Gasteiger partial charge < -0.3 is 4.90 Å². The van der Waals surface area contributed by atoms with Crippen LogP contribution in [0.1, 0.15) is 56.8 Å². The summed E-state index contributed by atoms with van der Waals surface area (Å²) in [6, 6.07) is 6.20. The Balaban J connectivity index is 1.41. The molecule has 5 rings (SSSR count). The van der Waals surface area contributed by atoms with Gasteiger partial charge in [0.25, 0.3) is 0 Å². The number of hydrogen-bond donors (Lipinski definition) is 0. The highest BCUT2D eigenvalue weighted by atomic mass is 35.5. The van der Waals surface area contributed by atoms with Crippen molar-refractivity contribution in [3.63, 3.8) is 0 Å². The van der Waals surface area contributed by atoms with E-state index in [2.05, 4.69) is 23.6 Å². The standard InChI is InChI=1S/C25H32Cl2N6/c1-16-15-32(12-9-22(16)31-10-5-4-6-11-31)23-14-28-24-17(2)30-33(25(24)29-23)18(3)20-8-7-19(26)13-21(20)27/h7-8,13-14,16,18,22H,4-6,9-12,15H2,1-3H3/t16-,18-,22+/m1/s1. The van der Waals surface area contributed by atoms with Crippen molar-refractivity contribution in [1.29, 1.82) is 0 Å². The molecule has 4 heterocycles. The minimum atomic E-state index is -0.0840. The van der Waals surface area contributed by atoms with Crippen LogP contribution < -0.4 is 4.90 Å². The Labute approximate surface area is 205 Å². The van der Waals surface area contributed by atoms with E-state index in [1.807, 2.05) is 29.9 Å². The predicted octanol–water partition coefficient (Wildman–Crippen LogP) is 5.75. The van der Waals surface area contributed by atoms with Crippen molar-refractivity contribution < 1.29 is 0 Å². The summed E-state index contributed by atoms with van der Waals surface area (Å²) >= 11 is 12.6. The van der Waals surface area contributed by atoms with Gasteiger partial charge in [0.05, 0.1) is 17.9 Å². The average molecular weight is 487 g/mol. The van der Waals surface area contributed by atoms with Crippen molar-refractivity contribution in [1.82, 2.24) is 24.6 Å². The van der Waals surface area contributed by atoms with Gasteiger partial charge in [-0.15, -0.1) is 0 Å². The van der Waals surface area contributed by atoms with Gasteiger partial charge in [0, 0.05) is 29.2 Å². The zero-order chi connectivity index (χ0) is 23.1. The Kier molecular flexibility index (Phi) is 6.51. The second-order valence-electron chi connectivity index (χ2n) is 9.65. The SMILES string of the molecule is Cc1nn([C@H](C)c2ccc(Cl)cc2Cl)c2nc(N3CC[C@H](N4CCCCC4)[C@H](C)C3)cnc12. The molecule has 0 saturated carbocycles. The zero-order valence-electron chi connectivity index (χ0n) is 19.6. The Morgan fingerprint density at radius 2 is 1.88 bits per heavy atom. The summed E-state index contributed by atoms with van der Waals surface area (Å²) in [5.74, 6) is 1.54. The van der Waals surface area contributed by atoms with Crippen LogP contribution in [0, 0.1) is 12.8 Å². The molecular formula is C25H32Cl2N6. The summed E-state index contributed by atoms with van der Waals surface area (Å²) < 4.78 is 1.94. The second-order valence-corrected chi connectivity index (χ2v) is 10.5. The Morgan fingerprint density at radius 1 is 1.09 bits per heavy atom. The molecule has 2 saturated heterocycles. The number of likely N-dealkylation sites (tertiary alicyclic amines) is 1. The number of rotatable bonds is 4. The summed E-state index contributed by atoms with van der Waals surface area (Å²) in [5.41, 5.74) is 3.48. The Hall–Kier alpha value is -1.89. The highest BCUT2D eigenvalue weighted by Crippen LogP contribution is 2.32. The Morgan fingerprint density at radius 3 is 2.61 bits per heavy atom. The molecule has 0 aliphatic carbocycles. The van der Waals surface area contributed by atoms with Crippen molar-refractivity contribution in [3.05, 3.63) is 45.7 Å². The van der Waals surface area contributed by atoms with Gasteiger partial charge in [-0.25, -0.2) is 14.6 Å². The monoisotopic (exact) mass is 486 g/mol. The maximum atomic E-state index is 6.51. The second kappa shape index (κ2) is 9.40. The molecule has 0 radical (unpaired) electrons. The van der Waals surface area contributed by atoms with Crippen molar-refractivity contribution in [2.75, 3.05) is 31.1 Å². The fourth-order valence-electron chi connectivity index (χ4n) is 5.57. The first-order valence-corrected chi connectivity index (χ1v) is 12.8. The van der Waals surface area contributed by atoms with E-state index in [0.717, 1.165) is 41.3 Å². The number of nitrogens with zero attached hydrogens (tertiary/aromatic N) is 6. The van der Waals surface area contributed by atoms with E-state index in [0.29, 0.717) is 22.0 Å². The quantitative estimate of drug-likeness (QED) is 0.469. The minimum Gasteiger partial charge on any atom is -0.355 e. The lowest BCUT2D eigenvalue weighted by Crippen LogP contribution is -2.51. The van der Waals surface area contributed by atoms with Gasteiger partial charge >= 0.3 is 0 Å². The smallest absolute Gasteiger partial charge is 0.179 e. The van der Waals surface area contributed by atoms with Gasteiger partial charge in [0.15, 0.2) is 5.65 Å². The van der Waals surface area contributed by atoms with Crippen molar-refractivity contribution in [3.8, 4) is 0 Å². The van der Waals surface area contributed by atoms with Gasteiger partial charge in [-0.1, -0.05) is 42.6 Å². The predicted molar refractivity (Wildman–Crippen MR) is 136 cm³/mol. The molecule has 1 aromatic carbocycles. The third kappa shape index (κ3) is 4.45. The number of piperidine rings is 2. The fourth-order valence-corrected chi connectivity index (χ4v) is 6.14. The lowest BCUT2D eigenvalue weighted by Gasteiger charge is -2.44. The molecule has 3 atom stereocenters. The molecule has 0 unspecified atom stereocenters. The summed E-state index contributed by atoms with van der Waals surface area (Å²) in [7, 11) is 0. The van der Waals surface area contributed by atoms with Crippen LogP contribution in [-0.2, 0) is 0 Å². The summed E-state index contributed by atoms with van der Waals surface area (Å²) in [5, 5.41) is 6.04. The van der Waals surface area contributed by atoms with Crippen LogP contribution in [-0.4, -0.2) is 56.9 Å². The van der Waals surface area contributed by atoms with E-state index in [1.54, 1.807) is 6.07 Å². The lowest BCUT2D eigenvalue weighted by atomic mass is 9.91. The van der Waals surface area contributed by atoms with E-state index in [-0.39, 0.29) is 6.04 Å². The van der Waals surface area contributed by atoms with Crippen LogP contribution in [0.3, 0.4) is 0 Å². The molecule has 3 aromatic rings. The van der Waals surface area contributed by atoms with Gasteiger partial charge in [-0.05, 0) is 69.8 Å². The molecule has 0 spiro atoms. The maximum absolute atomic E-state index is 6.51. The number of halogens is 2. The van der Waals surface area contributed by atoms with Crippen LogP contribution in [0.25, 0.3) is 11.2 Å². The molecule has 33 heavy (non-hydrogen) atoms. The van der Waals surface area contributed by atoms with E-state index < -0.39 is 0 Å². The molecule has 8 heteroatoms. The largest absolute Gasteiger partial charge is 0.355 e. The molecule has 2 aliphatic heterocycles. The first-order chi connectivity index (χ1) is 15.9. The van der Waals surface area contributed by atoms with Crippen LogP contribution in [0.2, 0.25) is 10.0 Å². The summed E-state index contributed by atoms with van der Waals surface area (Å²) in [6.07, 6.45) is 7.15. The van der Waals surface area contributed by atoms with Crippen LogP contribution >= 0.6 is 23.2 Å². The Bertz CT molecular complexity index is 1140. The lowest BCUT2D eigenvalue weighted by molar-refractivity contribution is 0.106. The fraction of sp³-hybridized carbons (Fsp3) is 0.560. The van der Waals surface area contributed by atoms with Crippen LogP contribution in [0.5, 0.6) is 0 Å². The van der Waals surface area contributed by atoms with E-state index in [1.165, 1.54) is 38.8 Å². The van der Waals surface area contributed by atoms with Gasteiger partial charge in [-0.3, -0.25) is 4.90 Å². The molecule has 0 bridgehead atoms. The van der Waals surface area contributed by atoms with Crippen LogP contribution in [0.4, 0.5) is 5.82 Å². The number of aryl methyl sites for hydroxylation is 1. The van der Waals surface area contributed by atoms with E-state index in [4.69, 9.17) is 38.3 Å². The van der Waals surface area contributed by atoms with Gasteiger partial charge in [0.2, 0.25) is 0 Å². The minimum absolute atomic E-state index is 0.0840. The number of aromatic nitrogens is 4. The molecule has 2 aromatic heterocycles. The van der Waals surface area contributed by atoms with Crippen molar-refractivity contribution in [2.45, 2.75) is 58.5 Å². The van der Waals surface area contributed by atoms with Gasteiger partial charge in [0.1, 0.15) is 11.3 Å². The van der Waals surface area contributed by atoms with Crippen molar-refractivity contribution >= 4 is 40.2 Å². The summed E-state index contributed by atoms with van der Waals surface area (Å²) in [6.45, 7) is 11.0. The molecule has 176 valence electrons. The van der Waals surface area contributed by atoms with Crippen molar-refractivity contribution in [2.24, 2.45) is 5.92 Å². The normalized spacial score (nSPS) is 23.2. The third-order valence-electron chi connectivity index (χ3n) is 7.38. The number of anilines is 1. The molecule has 0 amide bonds. The van der Waals surface area contributed by atoms with Crippen LogP contribution in [0.15, 0.2) is 24.4 Å². The van der Waals surface area contributed by atoms with E-state index in [9.17, 15) is 0 Å². The highest BCUT2D eigenvalue weighted by molar-refractivity contribution is 6.35. The topological polar surface area (TPSA) is 50.1 Å². The first-order valence-electron chi connectivity index (χ1n) is 12.1.